The standard InChI is InChI=1S/C22H27N5O4S/c1-16-22(17(2)27(24-16)21-7-5-6-10-23-21)25-11-13-26(14-12-25)32(28,29)20-15-18(30-3)8-9-19(20)31-4/h5-10,15H,11-14H2,1-4H3. The molecular formula is C22H27N5O4S. The average molecular weight is 458 g/mol. The molecule has 32 heavy (non-hydrogen) atoms. The fourth-order valence-electron chi connectivity index (χ4n) is 4.07. The lowest BCUT2D eigenvalue weighted by atomic mass is 10.2. The van der Waals surface area contributed by atoms with Crippen molar-refractivity contribution in [2.24, 2.45) is 0 Å². The van der Waals surface area contributed by atoms with E-state index in [4.69, 9.17) is 9.47 Å². The minimum Gasteiger partial charge on any atom is -0.497 e. The van der Waals surface area contributed by atoms with Gasteiger partial charge in [-0.25, -0.2) is 18.1 Å². The maximum absolute atomic E-state index is 13.3. The number of methoxy groups -OCH3 is 2. The average Bonchev–Trinajstić information content (AvgIpc) is 3.13. The molecular weight excluding hydrogens is 430 g/mol. The predicted octanol–water partition coefficient (Wildman–Crippen LogP) is 2.41. The molecule has 0 spiro atoms. The highest BCUT2D eigenvalue weighted by Gasteiger charge is 2.32. The third-order valence-electron chi connectivity index (χ3n) is 5.66. The number of anilines is 1. The van der Waals surface area contributed by atoms with Gasteiger partial charge in [0.1, 0.15) is 16.4 Å². The van der Waals surface area contributed by atoms with Gasteiger partial charge in [0.2, 0.25) is 10.0 Å². The Hall–Kier alpha value is -3.11. The first-order valence-corrected chi connectivity index (χ1v) is 11.8. The Morgan fingerprint density at radius 1 is 0.969 bits per heavy atom. The molecule has 0 amide bonds. The second kappa shape index (κ2) is 8.79. The Balaban J connectivity index is 1.56. The van der Waals surface area contributed by atoms with Crippen molar-refractivity contribution < 1.29 is 17.9 Å². The Morgan fingerprint density at radius 3 is 2.34 bits per heavy atom. The Bertz CT molecular complexity index is 1200. The largest absolute Gasteiger partial charge is 0.497 e. The summed E-state index contributed by atoms with van der Waals surface area (Å²) in [6, 6.07) is 10.5. The first-order chi connectivity index (χ1) is 15.4. The van der Waals surface area contributed by atoms with Gasteiger partial charge in [-0.2, -0.15) is 9.40 Å². The zero-order valence-corrected chi connectivity index (χ0v) is 19.5. The molecule has 1 aliphatic heterocycles. The van der Waals surface area contributed by atoms with Crippen LogP contribution < -0.4 is 14.4 Å². The van der Waals surface area contributed by atoms with E-state index in [-0.39, 0.29) is 4.90 Å². The third kappa shape index (κ3) is 3.91. The summed E-state index contributed by atoms with van der Waals surface area (Å²) < 4.78 is 40.5. The minimum absolute atomic E-state index is 0.114. The van der Waals surface area contributed by atoms with Crippen molar-refractivity contribution in [2.75, 3.05) is 45.3 Å². The molecule has 3 heterocycles. The number of benzene rings is 1. The lowest BCUT2D eigenvalue weighted by molar-refractivity contribution is 0.370. The van der Waals surface area contributed by atoms with Gasteiger partial charge >= 0.3 is 0 Å². The molecule has 0 N–H and O–H groups in total. The SMILES string of the molecule is COc1ccc(OC)c(S(=O)(=O)N2CCN(c3c(C)nn(-c4ccccn4)c3C)CC2)c1. The van der Waals surface area contributed by atoms with Crippen LogP contribution in [-0.2, 0) is 10.0 Å². The number of nitrogens with zero attached hydrogens (tertiary/aromatic N) is 5. The molecule has 9 nitrogen and oxygen atoms in total. The maximum Gasteiger partial charge on any atom is 0.247 e. The van der Waals surface area contributed by atoms with Gasteiger partial charge in [-0.05, 0) is 38.1 Å². The number of pyridine rings is 1. The van der Waals surface area contributed by atoms with E-state index >= 15 is 0 Å². The van der Waals surface area contributed by atoms with Gasteiger partial charge in [0.25, 0.3) is 0 Å². The van der Waals surface area contributed by atoms with Gasteiger partial charge in [0.05, 0.1) is 31.3 Å². The number of piperazine rings is 1. The molecule has 1 fully saturated rings. The zero-order chi connectivity index (χ0) is 22.9. The summed E-state index contributed by atoms with van der Waals surface area (Å²) in [7, 11) is -0.762. The van der Waals surface area contributed by atoms with E-state index in [2.05, 4.69) is 15.0 Å². The Labute approximate surface area is 188 Å². The van der Waals surface area contributed by atoms with Gasteiger partial charge < -0.3 is 14.4 Å². The van der Waals surface area contributed by atoms with Gasteiger partial charge in [0.15, 0.2) is 5.82 Å². The number of aryl methyl sites for hydroxylation is 1. The van der Waals surface area contributed by atoms with Crippen LogP contribution in [0.1, 0.15) is 11.4 Å². The van der Waals surface area contributed by atoms with Gasteiger partial charge in [-0.3, -0.25) is 0 Å². The lowest BCUT2D eigenvalue weighted by Crippen LogP contribution is -2.49. The van der Waals surface area contributed by atoms with E-state index in [0.29, 0.717) is 37.7 Å². The summed E-state index contributed by atoms with van der Waals surface area (Å²) in [6.07, 6.45) is 1.74. The Morgan fingerprint density at radius 2 is 1.72 bits per heavy atom. The molecule has 10 heteroatoms. The number of hydrogen-bond donors (Lipinski definition) is 0. The van der Waals surface area contributed by atoms with Gasteiger partial charge in [-0.1, -0.05) is 6.07 Å². The first-order valence-electron chi connectivity index (χ1n) is 10.3. The molecule has 1 aromatic carbocycles. The van der Waals surface area contributed by atoms with Gasteiger partial charge in [0, 0.05) is 38.4 Å². The van der Waals surface area contributed by atoms with Crippen LogP contribution in [0.3, 0.4) is 0 Å². The molecule has 0 saturated carbocycles. The fourth-order valence-corrected chi connectivity index (χ4v) is 5.66. The topological polar surface area (TPSA) is 89.8 Å². The first kappa shape index (κ1) is 22.1. The quantitative estimate of drug-likeness (QED) is 0.561. The second-order valence-electron chi connectivity index (χ2n) is 7.53. The summed E-state index contributed by atoms with van der Waals surface area (Å²) in [5, 5.41) is 4.66. The molecule has 170 valence electrons. The zero-order valence-electron chi connectivity index (χ0n) is 18.6. The summed E-state index contributed by atoms with van der Waals surface area (Å²) >= 11 is 0. The van der Waals surface area contributed by atoms with E-state index in [9.17, 15) is 8.42 Å². The van der Waals surface area contributed by atoms with Crippen molar-refractivity contribution in [1.29, 1.82) is 0 Å². The number of rotatable bonds is 6. The van der Waals surface area contributed by atoms with Crippen molar-refractivity contribution in [2.45, 2.75) is 18.7 Å². The number of ether oxygens (including phenoxy) is 2. The fraction of sp³-hybridized carbons (Fsp3) is 0.364. The van der Waals surface area contributed by atoms with Crippen LogP contribution in [-0.4, -0.2) is 67.9 Å². The van der Waals surface area contributed by atoms with E-state index in [0.717, 1.165) is 22.9 Å². The van der Waals surface area contributed by atoms with E-state index < -0.39 is 10.0 Å². The van der Waals surface area contributed by atoms with Crippen molar-refractivity contribution in [1.82, 2.24) is 19.1 Å². The summed E-state index contributed by atoms with van der Waals surface area (Å²) in [5.41, 5.74) is 2.89. The van der Waals surface area contributed by atoms with Crippen LogP contribution in [0.25, 0.3) is 5.82 Å². The highest BCUT2D eigenvalue weighted by molar-refractivity contribution is 7.89. The molecule has 2 aromatic heterocycles. The van der Waals surface area contributed by atoms with Crippen LogP contribution in [0.2, 0.25) is 0 Å². The smallest absolute Gasteiger partial charge is 0.247 e. The third-order valence-corrected chi connectivity index (χ3v) is 7.58. The summed E-state index contributed by atoms with van der Waals surface area (Å²) in [4.78, 5) is 6.69. The molecule has 0 unspecified atom stereocenters. The monoisotopic (exact) mass is 457 g/mol. The second-order valence-corrected chi connectivity index (χ2v) is 9.43. The highest BCUT2D eigenvalue weighted by Crippen LogP contribution is 2.32. The molecule has 1 aliphatic rings. The van der Waals surface area contributed by atoms with Crippen molar-refractivity contribution in [3.05, 3.63) is 54.0 Å². The van der Waals surface area contributed by atoms with Crippen LogP contribution >= 0.6 is 0 Å². The molecule has 3 aromatic rings. The molecule has 0 atom stereocenters. The lowest BCUT2D eigenvalue weighted by Gasteiger charge is -2.35. The molecule has 0 radical (unpaired) electrons. The summed E-state index contributed by atoms with van der Waals surface area (Å²) in [6.45, 7) is 5.80. The van der Waals surface area contributed by atoms with E-state index in [1.54, 1.807) is 18.3 Å². The number of hydrogen-bond acceptors (Lipinski definition) is 7. The molecule has 0 aliphatic carbocycles. The van der Waals surface area contributed by atoms with Crippen LogP contribution in [0.5, 0.6) is 11.5 Å². The van der Waals surface area contributed by atoms with Crippen molar-refractivity contribution in [3.63, 3.8) is 0 Å². The number of aromatic nitrogens is 3. The van der Waals surface area contributed by atoms with Crippen LogP contribution in [0, 0.1) is 13.8 Å². The van der Waals surface area contributed by atoms with Crippen LogP contribution in [0.15, 0.2) is 47.5 Å². The molecule has 1 saturated heterocycles. The Kier molecular flexibility index (Phi) is 6.07. The maximum atomic E-state index is 13.3. The molecule has 0 bridgehead atoms. The van der Waals surface area contributed by atoms with Crippen molar-refractivity contribution >= 4 is 15.7 Å². The van der Waals surface area contributed by atoms with Gasteiger partial charge in [-0.15, -0.1) is 0 Å². The normalized spacial score (nSPS) is 15.1. The van der Waals surface area contributed by atoms with Crippen LogP contribution in [0.4, 0.5) is 5.69 Å². The summed E-state index contributed by atoms with van der Waals surface area (Å²) in [5.74, 6) is 1.53. The molecule has 4 rings (SSSR count). The van der Waals surface area contributed by atoms with Crippen molar-refractivity contribution in [3.8, 4) is 17.3 Å². The number of sulfonamides is 1. The van der Waals surface area contributed by atoms with E-state index in [1.165, 1.54) is 24.6 Å². The predicted molar refractivity (Wildman–Crippen MR) is 121 cm³/mol. The minimum atomic E-state index is -3.73. The van der Waals surface area contributed by atoms with E-state index in [1.807, 2.05) is 36.7 Å². The highest BCUT2D eigenvalue weighted by atomic mass is 32.2.